The lowest BCUT2D eigenvalue weighted by Gasteiger charge is -2.20. The van der Waals surface area contributed by atoms with Crippen molar-refractivity contribution in [3.05, 3.63) is 23.4 Å². The Morgan fingerprint density at radius 2 is 2.44 bits per heavy atom. The van der Waals surface area contributed by atoms with Gasteiger partial charge < -0.3 is 10.8 Å². The average Bonchev–Trinajstić information content (AvgIpc) is 2.24. The third-order valence-corrected chi connectivity index (χ3v) is 2.85. The highest BCUT2D eigenvalue weighted by molar-refractivity contribution is 5.84. The van der Waals surface area contributed by atoms with Crippen LogP contribution in [0.5, 0.6) is 0 Å². The number of hydrogen-bond donors (Lipinski definition) is 2. The van der Waals surface area contributed by atoms with Gasteiger partial charge in [0.15, 0.2) is 0 Å². The monoisotopic (exact) mass is 222 g/mol. The summed E-state index contributed by atoms with van der Waals surface area (Å²) in [5.41, 5.74) is 7.64. The van der Waals surface area contributed by atoms with Crippen LogP contribution in [0.25, 0.3) is 0 Å². The van der Waals surface area contributed by atoms with Gasteiger partial charge in [-0.15, -0.1) is 0 Å². The van der Waals surface area contributed by atoms with Crippen molar-refractivity contribution in [2.45, 2.75) is 38.7 Å². The fourth-order valence-electron chi connectivity index (χ4n) is 2.04. The topological polar surface area (TPSA) is 58.6 Å². The van der Waals surface area contributed by atoms with Gasteiger partial charge in [-0.2, -0.15) is 0 Å². The fraction of sp³-hybridized carbons (Fsp3) is 0.615. The first-order valence-electron chi connectivity index (χ1n) is 5.95. The predicted octanol–water partition coefficient (Wildman–Crippen LogP) is 2.03. The van der Waals surface area contributed by atoms with Crippen LogP contribution in [0.1, 0.15) is 32.6 Å². The summed E-state index contributed by atoms with van der Waals surface area (Å²) < 4.78 is 0. The maximum absolute atomic E-state index is 9.77. The summed E-state index contributed by atoms with van der Waals surface area (Å²) in [7, 11) is 1.74. The van der Waals surface area contributed by atoms with E-state index in [4.69, 9.17) is 5.73 Å². The van der Waals surface area contributed by atoms with Crippen molar-refractivity contribution in [1.82, 2.24) is 0 Å². The molecule has 0 aliphatic heterocycles. The second kappa shape index (κ2) is 6.48. The van der Waals surface area contributed by atoms with E-state index < -0.39 is 0 Å². The average molecular weight is 222 g/mol. The molecule has 3 nitrogen and oxygen atoms in total. The Morgan fingerprint density at radius 3 is 3.06 bits per heavy atom. The molecule has 0 aromatic carbocycles. The molecule has 0 fully saturated rings. The molecule has 3 heteroatoms. The standard InChI is InChI=1S/C13H22N2O/c1-3-4-12(16)8-10-5-6-13(14)11(7-10)9-15-2/h6-7,9-10,12,16H,3-5,8,14H2,1-2H3/b15-9-. The molecule has 1 aliphatic rings. The second-order valence-corrected chi connectivity index (χ2v) is 4.34. The normalized spacial score (nSPS) is 23.1. The summed E-state index contributed by atoms with van der Waals surface area (Å²) in [6.07, 6.45) is 9.39. The molecule has 0 radical (unpaired) electrons. The summed E-state index contributed by atoms with van der Waals surface area (Å²) in [4.78, 5) is 3.98. The van der Waals surface area contributed by atoms with Gasteiger partial charge in [-0.25, -0.2) is 0 Å². The number of aliphatic hydroxyl groups is 1. The molecule has 0 aromatic heterocycles. The Balaban J connectivity index is 2.58. The van der Waals surface area contributed by atoms with Gasteiger partial charge in [-0.3, -0.25) is 4.99 Å². The minimum Gasteiger partial charge on any atom is -0.398 e. The number of nitrogens with zero attached hydrogens (tertiary/aromatic N) is 1. The van der Waals surface area contributed by atoms with Crippen molar-refractivity contribution >= 4 is 6.21 Å². The molecule has 0 heterocycles. The molecule has 90 valence electrons. The minimum atomic E-state index is -0.196. The van der Waals surface area contributed by atoms with Crippen LogP contribution in [-0.2, 0) is 0 Å². The number of rotatable bonds is 5. The highest BCUT2D eigenvalue weighted by Crippen LogP contribution is 2.24. The quantitative estimate of drug-likeness (QED) is 0.699. The molecular weight excluding hydrogens is 200 g/mol. The summed E-state index contributed by atoms with van der Waals surface area (Å²) in [6.45, 7) is 2.09. The van der Waals surface area contributed by atoms with E-state index in [1.54, 1.807) is 13.3 Å². The number of aliphatic imine (C=N–C) groups is 1. The number of allylic oxidation sites excluding steroid dienone is 3. The molecule has 0 saturated carbocycles. The van der Waals surface area contributed by atoms with Crippen molar-refractivity contribution in [1.29, 1.82) is 0 Å². The molecule has 0 aromatic rings. The van der Waals surface area contributed by atoms with Gasteiger partial charge in [0.1, 0.15) is 0 Å². The lowest BCUT2D eigenvalue weighted by atomic mass is 9.89. The molecule has 3 N–H and O–H groups in total. The van der Waals surface area contributed by atoms with Crippen molar-refractivity contribution < 1.29 is 5.11 Å². The first-order valence-corrected chi connectivity index (χ1v) is 5.95. The lowest BCUT2D eigenvalue weighted by Crippen LogP contribution is -2.16. The molecule has 1 aliphatic carbocycles. The zero-order chi connectivity index (χ0) is 12.0. The predicted molar refractivity (Wildman–Crippen MR) is 68.4 cm³/mol. The first-order chi connectivity index (χ1) is 7.67. The van der Waals surface area contributed by atoms with E-state index in [9.17, 15) is 5.11 Å². The summed E-state index contributed by atoms with van der Waals surface area (Å²) >= 11 is 0. The van der Waals surface area contributed by atoms with Gasteiger partial charge in [0.05, 0.1) is 6.10 Å². The molecule has 2 atom stereocenters. The van der Waals surface area contributed by atoms with Crippen LogP contribution in [-0.4, -0.2) is 24.5 Å². The summed E-state index contributed by atoms with van der Waals surface area (Å²) in [5.74, 6) is 0.391. The van der Waals surface area contributed by atoms with Crippen LogP contribution < -0.4 is 5.73 Å². The van der Waals surface area contributed by atoms with E-state index in [1.807, 2.05) is 6.08 Å². The molecule has 0 bridgehead atoms. The molecule has 2 unspecified atom stereocenters. The molecule has 0 saturated heterocycles. The maximum atomic E-state index is 9.77. The van der Waals surface area contributed by atoms with Gasteiger partial charge in [0.2, 0.25) is 0 Å². The van der Waals surface area contributed by atoms with E-state index in [0.29, 0.717) is 5.92 Å². The molecule has 16 heavy (non-hydrogen) atoms. The fourth-order valence-corrected chi connectivity index (χ4v) is 2.04. The number of nitrogens with two attached hydrogens (primary N) is 1. The minimum absolute atomic E-state index is 0.196. The third kappa shape index (κ3) is 3.81. The van der Waals surface area contributed by atoms with Crippen LogP contribution in [0, 0.1) is 5.92 Å². The van der Waals surface area contributed by atoms with E-state index in [1.165, 1.54) is 0 Å². The van der Waals surface area contributed by atoms with E-state index in [2.05, 4.69) is 18.0 Å². The van der Waals surface area contributed by atoms with Crippen LogP contribution in [0.15, 0.2) is 28.4 Å². The van der Waals surface area contributed by atoms with Crippen LogP contribution in [0.2, 0.25) is 0 Å². The lowest BCUT2D eigenvalue weighted by molar-refractivity contribution is 0.140. The molecular formula is C13H22N2O. The third-order valence-electron chi connectivity index (χ3n) is 2.85. The smallest absolute Gasteiger partial charge is 0.0545 e. The Labute approximate surface area is 97.8 Å². The van der Waals surface area contributed by atoms with E-state index in [-0.39, 0.29) is 6.10 Å². The number of aliphatic hydroxyl groups excluding tert-OH is 1. The van der Waals surface area contributed by atoms with Crippen LogP contribution in [0.4, 0.5) is 0 Å². The first kappa shape index (κ1) is 13.0. The molecule has 0 amide bonds. The largest absolute Gasteiger partial charge is 0.398 e. The molecule has 0 spiro atoms. The van der Waals surface area contributed by atoms with Crippen molar-refractivity contribution in [3.8, 4) is 0 Å². The highest BCUT2D eigenvalue weighted by atomic mass is 16.3. The van der Waals surface area contributed by atoms with Gasteiger partial charge in [-0.1, -0.05) is 25.5 Å². The van der Waals surface area contributed by atoms with Gasteiger partial charge in [0.25, 0.3) is 0 Å². The summed E-state index contributed by atoms with van der Waals surface area (Å²) in [5, 5.41) is 9.77. The zero-order valence-corrected chi connectivity index (χ0v) is 10.2. The van der Waals surface area contributed by atoms with Crippen molar-refractivity contribution in [3.63, 3.8) is 0 Å². The van der Waals surface area contributed by atoms with Gasteiger partial charge in [-0.05, 0) is 25.2 Å². The zero-order valence-electron chi connectivity index (χ0n) is 10.2. The van der Waals surface area contributed by atoms with Gasteiger partial charge in [0, 0.05) is 24.5 Å². The Morgan fingerprint density at radius 1 is 1.69 bits per heavy atom. The van der Waals surface area contributed by atoms with Crippen molar-refractivity contribution in [2.24, 2.45) is 16.6 Å². The Bertz CT molecular complexity index is 305. The highest BCUT2D eigenvalue weighted by Gasteiger charge is 2.16. The Hall–Kier alpha value is -1.09. The second-order valence-electron chi connectivity index (χ2n) is 4.34. The van der Waals surface area contributed by atoms with Crippen molar-refractivity contribution in [2.75, 3.05) is 7.05 Å². The van der Waals surface area contributed by atoms with Crippen LogP contribution >= 0.6 is 0 Å². The SMILES string of the molecule is CCCC(O)CC1C=C(/C=N\C)C(N)=CC1. The maximum Gasteiger partial charge on any atom is 0.0545 e. The molecule has 1 rings (SSSR count). The van der Waals surface area contributed by atoms with E-state index in [0.717, 1.165) is 37.0 Å². The summed E-state index contributed by atoms with van der Waals surface area (Å²) in [6, 6.07) is 0. The number of hydrogen-bond acceptors (Lipinski definition) is 3. The van der Waals surface area contributed by atoms with Gasteiger partial charge >= 0.3 is 0 Å². The van der Waals surface area contributed by atoms with E-state index >= 15 is 0 Å². The Kier molecular flexibility index (Phi) is 5.26. The van der Waals surface area contributed by atoms with Crippen LogP contribution in [0.3, 0.4) is 0 Å².